The summed E-state index contributed by atoms with van der Waals surface area (Å²) in [5.74, 6) is 3.01. The summed E-state index contributed by atoms with van der Waals surface area (Å²) in [7, 11) is 0. The van der Waals surface area contributed by atoms with Crippen LogP contribution >= 0.6 is 27.7 Å². The molecule has 0 spiro atoms. The zero-order chi connectivity index (χ0) is 13.1. The molecule has 1 aromatic rings. The summed E-state index contributed by atoms with van der Waals surface area (Å²) < 4.78 is 6.63. The summed E-state index contributed by atoms with van der Waals surface area (Å²) in [6.45, 7) is 2.81. The molecule has 0 amide bonds. The van der Waals surface area contributed by atoms with Crippen LogP contribution in [0.25, 0.3) is 0 Å². The number of halogens is 1. The largest absolute Gasteiger partial charge is 0.492 e. The Morgan fingerprint density at radius 2 is 2.17 bits per heavy atom. The SMILES string of the molecule is OCCCSCCNCCOc1cccc(Br)c1. The summed E-state index contributed by atoms with van der Waals surface area (Å²) in [5, 5.41) is 11.9. The second-order valence-electron chi connectivity index (χ2n) is 3.75. The van der Waals surface area contributed by atoms with E-state index >= 15 is 0 Å². The summed E-state index contributed by atoms with van der Waals surface area (Å²) in [6, 6.07) is 7.86. The highest BCUT2D eigenvalue weighted by Crippen LogP contribution is 2.17. The van der Waals surface area contributed by atoms with Crippen LogP contribution < -0.4 is 10.1 Å². The van der Waals surface area contributed by atoms with E-state index in [0.717, 1.165) is 41.2 Å². The Morgan fingerprint density at radius 3 is 2.94 bits per heavy atom. The van der Waals surface area contributed by atoms with Crippen molar-refractivity contribution in [3.63, 3.8) is 0 Å². The van der Waals surface area contributed by atoms with E-state index in [1.54, 1.807) is 0 Å². The highest BCUT2D eigenvalue weighted by molar-refractivity contribution is 9.10. The fourth-order valence-corrected chi connectivity index (χ4v) is 2.54. The second kappa shape index (κ2) is 10.7. The molecule has 18 heavy (non-hydrogen) atoms. The van der Waals surface area contributed by atoms with Crippen LogP contribution in [0.3, 0.4) is 0 Å². The Balaban J connectivity index is 1.92. The van der Waals surface area contributed by atoms with E-state index < -0.39 is 0 Å². The van der Waals surface area contributed by atoms with Crippen LogP contribution in [0.1, 0.15) is 6.42 Å². The molecule has 102 valence electrons. The van der Waals surface area contributed by atoms with E-state index in [2.05, 4.69) is 21.2 Å². The minimum atomic E-state index is 0.293. The smallest absolute Gasteiger partial charge is 0.120 e. The molecule has 0 radical (unpaired) electrons. The van der Waals surface area contributed by atoms with Crippen molar-refractivity contribution in [2.75, 3.05) is 37.8 Å². The zero-order valence-electron chi connectivity index (χ0n) is 10.4. The minimum absolute atomic E-state index is 0.293. The third kappa shape index (κ3) is 7.97. The molecule has 0 heterocycles. The van der Waals surface area contributed by atoms with Gasteiger partial charge in [0, 0.05) is 29.9 Å². The summed E-state index contributed by atoms with van der Waals surface area (Å²) in [5.41, 5.74) is 0. The Labute approximate surface area is 121 Å². The van der Waals surface area contributed by atoms with Crippen molar-refractivity contribution in [3.05, 3.63) is 28.7 Å². The van der Waals surface area contributed by atoms with E-state index in [1.807, 2.05) is 36.0 Å². The van der Waals surface area contributed by atoms with E-state index in [-0.39, 0.29) is 0 Å². The van der Waals surface area contributed by atoms with Gasteiger partial charge in [0.15, 0.2) is 0 Å². The lowest BCUT2D eigenvalue weighted by atomic mass is 10.3. The van der Waals surface area contributed by atoms with Gasteiger partial charge in [-0.2, -0.15) is 11.8 Å². The van der Waals surface area contributed by atoms with E-state index in [1.165, 1.54) is 0 Å². The number of rotatable bonds is 10. The molecule has 1 rings (SSSR count). The van der Waals surface area contributed by atoms with Gasteiger partial charge in [0.1, 0.15) is 12.4 Å². The van der Waals surface area contributed by atoms with Crippen molar-refractivity contribution in [2.24, 2.45) is 0 Å². The number of benzene rings is 1. The molecule has 0 unspecified atom stereocenters. The van der Waals surface area contributed by atoms with Crippen LogP contribution in [0.15, 0.2) is 28.7 Å². The van der Waals surface area contributed by atoms with Gasteiger partial charge < -0.3 is 15.2 Å². The average Bonchev–Trinajstić information content (AvgIpc) is 2.37. The molecule has 1 aromatic carbocycles. The van der Waals surface area contributed by atoms with Crippen LogP contribution in [0, 0.1) is 0 Å². The average molecular weight is 334 g/mol. The monoisotopic (exact) mass is 333 g/mol. The topological polar surface area (TPSA) is 41.5 Å². The molecule has 5 heteroatoms. The Bertz CT molecular complexity index is 326. The number of hydrogen-bond donors (Lipinski definition) is 2. The van der Waals surface area contributed by atoms with E-state index in [9.17, 15) is 0 Å². The maximum Gasteiger partial charge on any atom is 0.120 e. The number of nitrogens with one attached hydrogen (secondary N) is 1. The summed E-state index contributed by atoms with van der Waals surface area (Å²) >= 11 is 5.27. The molecule has 0 saturated heterocycles. The molecule has 0 fully saturated rings. The molecule has 0 aliphatic rings. The standard InChI is InChI=1S/C13H20BrNO2S/c14-12-3-1-4-13(11-12)17-8-5-15-6-10-18-9-2-7-16/h1,3-4,11,15-16H,2,5-10H2. The lowest BCUT2D eigenvalue weighted by Gasteiger charge is -2.07. The highest BCUT2D eigenvalue weighted by Gasteiger charge is 1.94. The number of thioether (sulfide) groups is 1. The first kappa shape index (κ1) is 15.8. The molecular formula is C13H20BrNO2S. The third-order valence-electron chi connectivity index (χ3n) is 2.21. The van der Waals surface area contributed by atoms with Crippen LogP contribution in [0.5, 0.6) is 5.75 Å². The van der Waals surface area contributed by atoms with Gasteiger partial charge >= 0.3 is 0 Å². The van der Waals surface area contributed by atoms with Gasteiger partial charge in [-0.15, -0.1) is 0 Å². The first-order valence-electron chi connectivity index (χ1n) is 6.10. The lowest BCUT2D eigenvalue weighted by Crippen LogP contribution is -2.23. The number of aliphatic hydroxyl groups is 1. The second-order valence-corrected chi connectivity index (χ2v) is 5.89. The number of aliphatic hydroxyl groups excluding tert-OH is 1. The molecule has 0 aromatic heterocycles. The van der Waals surface area contributed by atoms with Gasteiger partial charge in [0.25, 0.3) is 0 Å². The van der Waals surface area contributed by atoms with Crippen molar-refractivity contribution in [2.45, 2.75) is 6.42 Å². The van der Waals surface area contributed by atoms with Gasteiger partial charge in [0.2, 0.25) is 0 Å². The van der Waals surface area contributed by atoms with Gasteiger partial charge in [-0.1, -0.05) is 22.0 Å². The fraction of sp³-hybridized carbons (Fsp3) is 0.538. The maximum absolute atomic E-state index is 8.62. The molecule has 0 atom stereocenters. The quantitative estimate of drug-likeness (QED) is 0.645. The molecule has 3 nitrogen and oxygen atoms in total. The molecule has 2 N–H and O–H groups in total. The van der Waals surface area contributed by atoms with Gasteiger partial charge in [-0.3, -0.25) is 0 Å². The van der Waals surface area contributed by atoms with E-state index in [0.29, 0.717) is 13.2 Å². The number of ether oxygens (including phenoxy) is 1. The van der Waals surface area contributed by atoms with Crippen molar-refractivity contribution in [1.29, 1.82) is 0 Å². The minimum Gasteiger partial charge on any atom is -0.492 e. The lowest BCUT2D eigenvalue weighted by molar-refractivity contribution is 0.296. The molecule has 0 aliphatic carbocycles. The van der Waals surface area contributed by atoms with Crippen LogP contribution in [0.4, 0.5) is 0 Å². The van der Waals surface area contributed by atoms with Gasteiger partial charge in [-0.05, 0) is 30.4 Å². The fourth-order valence-electron chi connectivity index (χ4n) is 1.34. The Morgan fingerprint density at radius 1 is 1.28 bits per heavy atom. The van der Waals surface area contributed by atoms with Crippen LogP contribution in [-0.4, -0.2) is 42.9 Å². The first-order chi connectivity index (χ1) is 8.83. The van der Waals surface area contributed by atoms with Gasteiger partial charge in [-0.25, -0.2) is 0 Å². The predicted molar refractivity (Wildman–Crippen MR) is 81.5 cm³/mol. The Hall–Kier alpha value is -0.230. The molecular weight excluding hydrogens is 314 g/mol. The highest BCUT2D eigenvalue weighted by atomic mass is 79.9. The number of hydrogen-bond acceptors (Lipinski definition) is 4. The van der Waals surface area contributed by atoms with Crippen LogP contribution in [-0.2, 0) is 0 Å². The normalized spacial score (nSPS) is 10.6. The predicted octanol–water partition coefficient (Wildman–Crippen LogP) is 2.53. The summed E-state index contributed by atoms with van der Waals surface area (Å²) in [6.07, 6.45) is 0.886. The van der Waals surface area contributed by atoms with E-state index in [4.69, 9.17) is 9.84 Å². The molecule has 0 saturated carbocycles. The van der Waals surface area contributed by atoms with Crippen molar-refractivity contribution < 1.29 is 9.84 Å². The van der Waals surface area contributed by atoms with Crippen molar-refractivity contribution in [3.8, 4) is 5.75 Å². The summed E-state index contributed by atoms with van der Waals surface area (Å²) in [4.78, 5) is 0. The Kier molecular flexibility index (Phi) is 9.38. The molecule has 0 bridgehead atoms. The van der Waals surface area contributed by atoms with Crippen molar-refractivity contribution >= 4 is 27.7 Å². The van der Waals surface area contributed by atoms with Crippen molar-refractivity contribution in [1.82, 2.24) is 5.32 Å². The van der Waals surface area contributed by atoms with Crippen LogP contribution in [0.2, 0.25) is 0 Å². The zero-order valence-corrected chi connectivity index (χ0v) is 12.8. The van der Waals surface area contributed by atoms with Gasteiger partial charge in [0.05, 0.1) is 0 Å². The first-order valence-corrected chi connectivity index (χ1v) is 8.05. The maximum atomic E-state index is 8.62. The third-order valence-corrected chi connectivity index (χ3v) is 3.78. The molecule has 0 aliphatic heterocycles.